The Bertz CT molecular complexity index is 942. The number of primary amides is 1. The molecule has 0 saturated heterocycles. The fourth-order valence-electron chi connectivity index (χ4n) is 7.24. The Hall–Kier alpha value is -2.62. The summed E-state index contributed by atoms with van der Waals surface area (Å²) < 4.78 is 0. The van der Waals surface area contributed by atoms with Crippen molar-refractivity contribution in [1.82, 2.24) is 5.32 Å². The zero-order valence-electron chi connectivity index (χ0n) is 18.1. The van der Waals surface area contributed by atoms with E-state index in [1.54, 1.807) is 0 Å². The minimum atomic E-state index is -0.336. The lowest BCUT2D eigenvalue weighted by Crippen LogP contribution is -2.59. The normalized spacial score (nSPS) is 31.9. The molecule has 0 aromatic heterocycles. The van der Waals surface area contributed by atoms with Gasteiger partial charge >= 0.3 is 0 Å². The first-order chi connectivity index (χ1) is 15.0. The molecular weight excluding hydrogens is 384 g/mol. The van der Waals surface area contributed by atoms with E-state index in [4.69, 9.17) is 5.73 Å². The molecule has 0 aliphatic heterocycles. The highest BCUT2D eigenvalue weighted by atomic mass is 16.2. The topological polar surface area (TPSA) is 72.2 Å². The van der Waals surface area contributed by atoms with Gasteiger partial charge in [-0.3, -0.25) is 9.59 Å². The average molecular weight is 417 g/mol. The monoisotopic (exact) mass is 416 g/mol. The van der Waals surface area contributed by atoms with Crippen LogP contribution in [0.2, 0.25) is 0 Å². The van der Waals surface area contributed by atoms with Crippen LogP contribution in [0.3, 0.4) is 0 Å². The maximum atomic E-state index is 13.5. The van der Waals surface area contributed by atoms with E-state index in [1.165, 1.54) is 6.42 Å². The van der Waals surface area contributed by atoms with Crippen LogP contribution in [0.4, 0.5) is 0 Å². The van der Waals surface area contributed by atoms with Crippen LogP contribution in [0.25, 0.3) is 0 Å². The van der Waals surface area contributed by atoms with Crippen molar-refractivity contribution in [3.63, 3.8) is 0 Å². The van der Waals surface area contributed by atoms with E-state index in [9.17, 15) is 9.59 Å². The summed E-state index contributed by atoms with van der Waals surface area (Å²) in [5.74, 6) is 0.907. The molecule has 4 fully saturated rings. The van der Waals surface area contributed by atoms with Gasteiger partial charge < -0.3 is 11.1 Å². The molecule has 4 aliphatic carbocycles. The van der Waals surface area contributed by atoms with E-state index in [2.05, 4.69) is 17.4 Å². The summed E-state index contributed by atoms with van der Waals surface area (Å²) in [6.07, 6.45) is 6.90. The van der Waals surface area contributed by atoms with Gasteiger partial charge in [-0.2, -0.15) is 0 Å². The lowest BCUT2D eigenvalue weighted by molar-refractivity contribution is -0.154. The Kier molecular flexibility index (Phi) is 5.11. The van der Waals surface area contributed by atoms with Crippen molar-refractivity contribution >= 4 is 11.8 Å². The van der Waals surface area contributed by atoms with Crippen molar-refractivity contribution in [3.8, 4) is 0 Å². The van der Waals surface area contributed by atoms with E-state index in [1.807, 2.05) is 48.5 Å². The Labute approximate surface area is 184 Å². The van der Waals surface area contributed by atoms with Crippen molar-refractivity contribution in [2.24, 2.45) is 28.4 Å². The van der Waals surface area contributed by atoms with E-state index in [0.717, 1.165) is 43.2 Å². The maximum Gasteiger partial charge on any atom is 0.227 e. The number of benzene rings is 2. The van der Waals surface area contributed by atoms with Crippen molar-refractivity contribution in [1.29, 1.82) is 0 Å². The molecule has 4 saturated carbocycles. The highest BCUT2D eigenvalue weighted by Crippen LogP contribution is 2.64. The molecule has 31 heavy (non-hydrogen) atoms. The van der Waals surface area contributed by atoms with E-state index < -0.39 is 0 Å². The molecule has 0 radical (unpaired) electrons. The molecule has 162 valence electrons. The molecule has 3 unspecified atom stereocenters. The summed E-state index contributed by atoms with van der Waals surface area (Å²) in [5.41, 5.74) is 7.79. The van der Waals surface area contributed by atoms with Crippen LogP contribution in [0.1, 0.15) is 55.6 Å². The first-order valence-corrected chi connectivity index (χ1v) is 11.6. The van der Waals surface area contributed by atoms with Gasteiger partial charge in [0, 0.05) is 6.54 Å². The first kappa shape index (κ1) is 20.3. The minimum Gasteiger partial charge on any atom is -0.369 e. The molecule has 3 N–H and O–H groups in total. The van der Waals surface area contributed by atoms with Crippen LogP contribution in [-0.4, -0.2) is 18.4 Å². The van der Waals surface area contributed by atoms with Gasteiger partial charge in [0.2, 0.25) is 11.8 Å². The van der Waals surface area contributed by atoms with Crippen molar-refractivity contribution < 1.29 is 9.59 Å². The van der Waals surface area contributed by atoms with Gasteiger partial charge in [0.05, 0.1) is 11.3 Å². The largest absolute Gasteiger partial charge is 0.369 e. The molecule has 0 spiro atoms. The van der Waals surface area contributed by atoms with Crippen LogP contribution in [0.15, 0.2) is 60.7 Å². The quantitative estimate of drug-likeness (QED) is 0.710. The molecule has 2 aromatic carbocycles. The molecule has 0 heterocycles. The van der Waals surface area contributed by atoms with Gasteiger partial charge in [-0.25, -0.2) is 0 Å². The Morgan fingerprint density at radius 1 is 0.935 bits per heavy atom. The SMILES string of the molecule is NC(=O)C12CC3CC(CC(CNC(=O)C(Cc4ccccc4)c4ccccc4)(C3)C1)C2. The van der Waals surface area contributed by atoms with E-state index in [-0.39, 0.29) is 28.6 Å². The molecule has 3 atom stereocenters. The average Bonchev–Trinajstić information content (AvgIpc) is 2.76. The summed E-state index contributed by atoms with van der Waals surface area (Å²) in [4.78, 5) is 25.8. The molecule has 4 heteroatoms. The predicted molar refractivity (Wildman–Crippen MR) is 121 cm³/mol. The number of hydrogen-bond acceptors (Lipinski definition) is 2. The smallest absolute Gasteiger partial charge is 0.227 e. The molecule has 4 nitrogen and oxygen atoms in total. The molecular formula is C27H32N2O2. The number of nitrogens with one attached hydrogen (secondary N) is 1. The maximum absolute atomic E-state index is 13.5. The summed E-state index contributed by atoms with van der Waals surface area (Å²) >= 11 is 0. The van der Waals surface area contributed by atoms with E-state index in [0.29, 0.717) is 24.8 Å². The van der Waals surface area contributed by atoms with Crippen LogP contribution in [0, 0.1) is 22.7 Å². The van der Waals surface area contributed by atoms with Crippen molar-refractivity contribution in [2.45, 2.75) is 50.9 Å². The lowest BCUT2D eigenvalue weighted by atomic mass is 9.44. The molecule has 4 bridgehead atoms. The predicted octanol–water partition coefficient (Wildman–Crippen LogP) is 4.20. The Balaban J connectivity index is 1.34. The third-order valence-electron chi connectivity index (χ3n) is 8.14. The molecule has 6 rings (SSSR count). The van der Waals surface area contributed by atoms with Gasteiger partial charge in [0.25, 0.3) is 0 Å². The summed E-state index contributed by atoms with van der Waals surface area (Å²) in [6.45, 7) is 0.659. The molecule has 2 aromatic rings. The summed E-state index contributed by atoms with van der Waals surface area (Å²) in [7, 11) is 0. The van der Waals surface area contributed by atoms with Gasteiger partial charge in [-0.1, -0.05) is 60.7 Å². The zero-order valence-corrected chi connectivity index (χ0v) is 18.1. The van der Waals surface area contributed by atoms with Crippen molar-refractivity contribution in [2.75, 3.05) is 6.54 Å². The van der Waals surface area contributed by atoms with Crippen molar-refractivity contribution in [3.05, 3.63) is 71.8 Å². The van der Waals surface area contributed by atoms with Crippen LogP contribution < -0.4 is 11.1 Å². The van der Waals surface area contributed by atoms with E-state index >= 15 is 0 Å². The fourth-order valence-corrected chi connectivity index (χ4v) is 7.24. The standard InChI is InChI=1S/C27H32N2O2/c28-25(31)27-15-20-11-21(16-27)14-26(13-20,17-27)18-29-24(30)23(22-9-5-2-6-10-22)12-19-7-3-1-4-8-19/h1-10,20-21,23H,11-18H2,(H2,28,31)(H,29,30). The third kappa shape index (κ3) is 3.88. The number of carbonyl (C=O) groups excluding carboxylic acids is 2. The molecule has 4 aliphatic rings. The van der Waals surface area contributed by atoms with Gasteiger partial charge in [0.1, 0.15) is 0 Å². The minimum absolute atomic E-state index is 0.0305. The lowest BCUT2D eigenvalue weighted by Gasteiger charge is -2.61. The Morgan fingerprint density at radius 2 is 1.55 bits per heavy atom. The highest BCUT2D eigenvalue weighted by Gasteiger charge is 2.59. The van der Waals surface area contributed by atoms with Crippen LogP contribution in [0.5, 0.6) is 0 Å². The zero-order chi connectivity index (χ0) is 21.5. The number of amides is 2. The number of nitrogens with two attached hydrogens (primary N) is 1. The first-order valence-electron chi connectivity index (χ1n) is 11.6. The summed E-state index contributed by atoms with van der Waals surface area (Å²) in [5, 5.41) is 3.32. The second-order valence-corrected chi connectivity index (χ2v) is 10.5. The van der Waals surface area contributed by atoms with Gasteiger partial charge in [-0.15, -0.1) is 0 Å². The van der Waals surface area contributed by atoms with Gasteiger partial charge in [-0.05, 0) is 73.3 Å². The second-order valence-electron chi connectivity index (χ2n) is 10.5. The Morgan fingerprint density at radius 3 is 2.16 bits per heavy atom. The van der Waals surface area contributed by atoms with Crippen LogP contribution in [-0.2, 0) is 16.0 Å². The number of hydrogen-bond donors (Lipinski definition) is 2. The second kappa shape index (κ2) is 7.81. The van der Waals surface area contributed by atoms with Crippen LogP contribution >= 0.6 is 0 Å². The molecule has 2 amide bonds. The highest BCUT2D eigenvalue weighted by molar-refractivity contribution is 5.84. The number of carbonyl (C=O) groups is 2. The summed E-state index contributed by atoms with van der Waals surface area (Å²) in [6, 6.07) is 20.3. The third-order valence-corrected chi connectivity index (χ3v) is 8.14. The van der Waals surface area contributed by atoms with Gasteiger partial charge in [0.15, 0.2) is 0 Å². The number of rotatable bonds is 7. The fraction of sp³-hybridized carbons (Fsp3) is 0.481.